The third-order valence-electron chi connectivity index (χ3n) is 4.23. The summed E-state index contributed by atoms with van der Waals surface area (Å²) < 4.78 is 11.1. The number of aliphatic carboxylic acids is 1. The number of fused-ring (bicyclic) bond motifs is 1. The molecule has 6 nitrogen and oxygen atoms in total. The lowest BCUT2D eigenvalue weighted by Gasteiger charge is -2.31. The number of benzene rings is 1. The van der Waals surface area contributed by atoms with Crippen LogP contribution in [0.4, 0.5) is 0 Å². The molecule has 0 bridgehead atoms. The quantitative estimate of drug-likeness (QED) is 0.841. The summed E-state index contributed by atoms with van der Waals surface area (Å²) >= 11 is 0. The topological polar surface area (TPSA) is 84.9 Å². The lowest BCUT2D eigenvalue weighted by molar-refractivity contribution is -0.138. The molecule has 0 spiro atoms. The zero-order chi connectivity index (χ0) is 16.9. The number of carbonyl (C=O) groups excluding carboxylic acids is 1. The van der Waals surface area contributed by atoms with Gasteiger partial charge in [-0.05, 0) is 31.0 Å². The summed E-state index contributed by atoms with van der Waals surface area (Å²) in [4.78, 5) is 23.6. The molecule has 1 aliphatic rings. The lowest BCUT2D eigenvalue weighted by Crippen LogP contribution is -2.49. The van der Waals surface area contributed by atoms with Crippen LogP contribution in [0.5, 0.6) is 11.5 Å². The van der Waals surface area contributed by atoms with Gasteiger partial charge in [-0.25, -0.2) is 0 Å². The molecule has 0 fully saturated rings. The van der Waals surface area contributed by atoms with Gasteiger partial charge in [0.15, 0.2) is 11.5 Å². The Hall–Kier alpha value is -2.24. The molecule has 1 heterocycles. The van der Waals surface area contributed by atoms with Crippen LogP contribution in [0.3, 0.4) is 0 Å². The van der Waals surface area contributed by atoms with Gasteiger partial charge in [-0.2, -0.15) is 0 Å². The van der Waals surface area contributed by atoms with E-state index in [0.717, 1.165) is 6.42 Å². The molecule has 0 radical (unpaired) electrons. The average molecular weight is 321 g/mol. The van der Waals surface area contributed by atoms with Crippen molar-refractivity contribution < 1.29 is 24.2 Å². The summed E-state index contributed by atoms with van der Waals surface area (Å²) in [6, 6.07) is 5.03. The first kappa shape index (κ1) is 17.1. The number of carboxylic acid groups (broad SMARTS) is 1. The number of hydrogen-bond acceptors (Lipinski definition) is 4. The predicted octanol–water partition coefficient (Wildman–Crippen LogP) is 2.61. The van der Waals surface area contributed by atoms with Crippen LogP contribution in [0.2, 0.25) is 0 Å². The smallest absolute Gasteiger partial charge is 0.305 e. The summed E-state index contributed by atoms with van der Waals surface area (Å²) in [5.41, 5.74) is -0.307. The maximum absolute atomic E-state index is 12.5. The van der Waals surface area contributed by atoms with Gasteiger partial charge in [-0.3, -0.25) is 9.59 Å². The molecule has 2 rings (SSSR count). The van der Waals surface area contributed by atoms with Crippen molar-refractivity contribution in [2.45, 2.75) is 45.1 Å². The fourth-order valence-electron chi connectivity index (χ4n) is 2.63. The molecule has 2 N–H and O–H groups in total. The average Bonchev–Trinajstić information content (AvgIpc) is 2.78. The van der Waals surface area contributed by atoms with Crippen LogP contribution >= 0.6 is 0 Å². The van der Waals surface area contributed by atoms with Crippen molar-refractivity contribution in [2.24, 2.45) is 0 Å². The highest BCUT2D eigenvalue weighted by Gasteiger charge is 2.31. The predicted molar refractivity (Wildman–Crippen MR) is 85.1 cm³/mol. The second-order valence-electron chi connectivity index (χ2n) is 5.72. The highest BCUT2D eigenvalue weighted by Crippen LogP contribution is 2.31. The maximum Gasteiger partial charge on any atom is 0.305 e. The zero-order valence-corrected chi connectivity index (χ0v) is 13.6. The van der Waals surface area contributed by atoms with Crippen molar-refractivity contribution in [2.75, 3.05) is 13.2 Å². The molecule has 126 valence electrons. The van der Waals surface area contributed by atoms with Gasteiger partial charge in [0.05, 0.1) is 25.2 Å². The number of carbonyl (C=O) groups is 2. The molecular weight excluding hydrogens is 298 g/mol. The van der Waals surface area contributed by atoms with Gasteiger partial charge >= 0.3 is 5.97 Å². The van der Waals surface area contributed by atoms with Gasteiger partial charge < -0.3 is 19.9 Å². The van der Waals surface area contributed by atoms with Crippen molar-refractivity contribution in [1.29, 1.82) is 0 Å². The number of nitrogens with one attached hydrogen (secondary N) is 1. The van der Waals surface area contributed by atoms with E-state index >= 15 is 0 Å². The Morgan fingerprint density at radius 1 is 1.17 bits per heavy atom. The summed E-state index contributed by atoms with van der Waals surface area (Å²) in [7, 11) is 0. The normalized spacial score (nSPS) is 14.0. The Labute approximate surface area is 135 Å². The molecule has 0 saturated heterocycles. The van der Waals surface area contributed by atoms with E-state index in [1.54, 1.807) is 18.2 Å². The minimum absolute atomic E-state index is 0.101. The molecule has 0 unspecified atom stereocenters. The first-order chi connectivity index (χ1) is 11.0. The zero-order valence-electron chi connectivity index (χ0n) is 13.6. The summed E-state index contributed by atoms with van der Waals surface area (Å²) in [5, 5.41) is 12.0. The Kier molecular flexibility index (Phi) is 5.47. The Morgan fingerprint density at radius 3 is 2.43 bits per heavy atom. The molecule has 0 atom stereocenters. The molecular formula is C17H23NO5. The van der Waals surface area contributed by atoms with Crippen molar-refractivity contribution in [3.8, 4) is 11.5 Å². The molecule has 0 saturated carbocycles. The Balaban J connectivity index is 2.19. The van der Waals surface area contributed by atoms with Crippen molar-refractivity contribution in [1.82, 2.24) is 5.32 Å². The van der Waals surface area contributed by atoms with E-state index < -0.39 is 11.5 Å². The second-order valence-corrected chi connectivity index (χ2v) is 5.72. The van der Waals surface area contributed by atoms with Crippen LogP contribution in [0, 0.1) is 0 Å². The van der Waals surface area contributed by atoms with E-state index in [0.29, 0.717) is 43.1 Å². The van der Waals surface area contributed by atoms with E-state index in [2.05, 4.69) is 5.32 Å². The Bertz CT molecular complexity index is 580. The van der Waals surface area contributed by atoms with Crippen LogP contribution in [-0.2, 0) is 4.79 Å². The number of hydrogen-bond donors (Lipinski definition) is 2. The minimum atomic E-state index is -0.923. The van der Waals surface area contributed by atoms with Gasteiger partial charge in [-0.1, -0.05) is 13.8 Å². The van der Waals surface area contributed by atoms with Gasteiger partial charge in [0.2, 0.25) is 0 Å². The van der Waals surface area contributed by atoms with E-state index in [-0.39, 0.29) is 12.3 Å². The lowest BCUT2D eigenvalue weighted by atomic mass is 9.88. The fraction of sp³-hybridized carbons (Fsp3) is 0.529. The second kappa shape index (κ2) is 7.35. The van der Waals surface area contributed by atoms with Gasteiger partial charge in [0, 0.05) is 12.0 Å². The number of ether oxygens (including phenoxy) is 2. The maximum atomic E-state index is 12.5. The van der Waals surface area contributed by atoms with E-state index in [1.807, 2.05) is 13.8 Å². The third-order valence-corrected chi connectivity index (χ3v) is 4.23. The molecule has 0 aromatic heterocycles. The van der Waals surface area contributed by atoms with Crippen molar-refractivity contribution in [3.05, 3.63) is 23.8 Å². The van der Waals surface area contributed by atoms with E-state index in [9.17, 15) is 9.59 Å². The summed E-state index contributed by atoms with van der Waals surface area (Å²) in [6.45, 7) is 4.89. The first-order valence-corrected chi connectivity index (χ1v) is 7.93. The van der Waals surface area contributed by atoms with Crippen LogP contribution in [0.15, 0.2) is 18.2 Å². The Morgan fingerprint density at radius 2 is 1.83 bits per heavy atom. The SMILES string of the molecule is CCC(CC)(CC(=O)O)NC(=O)c1ccc2c(c1)OCCCO2. The molecule has 1 aromatic carbocycles. The van der Waals surface area contributed by atoms with E-state index in [4.69, 9.17) is 14.6 Å². The third kappa shape index (κ3) is 4.15. The van der Waals surface area contributed by atoms with Crippen LogP contribution in [0.25, 0.3) is 0 Å². The first-order valence-electron chi connectivity index (χ1n) is 7.93. The van der Waals surface area contributed by atoms with Crippen LogP contribution < -0.4 is 14.8 Å². The number of carboxylic acids is 1. The van der Waals surface area contributed by atoms with Crippen LogP contribution in [0.1, 0.15) is 49.9 Å². The van der Waals surface area contributed by atoms with E-state index in [1.165, 1.54) is 0 Å². The summed E-state index contributed by atoms with van der Waals surface area (Å²) in [5.74, 6) is -0.0490. The molecule has 6 heteroatoms. The monoisotopic (exact) mass is 321 g/mol. The van der Waals surface area contributed by atoms with Crippen molar-refractivity contribution >= 4 is 11.9 Å². The van der Waals surface area contributed by atoms with Gasteiger partial charge in [0.25, 0.3) is 5.91 Å². The van der Waals surface area contributed by atoms with Crippen molar-refractivity contribution in [3.63, 3.8) is 0 Å². The highest BCUT2D eigenvalue weighted by molar-refractivity contribution is 5.95. The molecule has 23 heavy (non-hydrogen) atoms. The fourth-order valence-corrected chi connectivity index (χ4v) is 2.63. The largest absolute Gasteiger partial charge is 0.490 e. The number of amides is 1. The molecule has 1 aliphatic heterocycles. The van der Waals surface area contributed by atoms with Gasteiger partial charge in [-0.15, -0.1) is 0 Å². The molecule has 0 aliphatic carbocycles. The molecule has 1 aromatic rings. The molecule has 1 amide bonds. The van der Waals surface area contributed by atoms with Crippen LogP contribution in [-0.4, -0.2) is 35.7 Å². The highest BCUT2D eigenvalue weighted by atomic mass is 16.5. The van der Waals surface area contributed by atoms with Gasteiger partial charge in [0.1, 0.15) is 0 Å². The summed E-state index contributed by atoms with van der Waals surface area (Å²) in [6.07, 6.45) is 1.79. The standard InChI is InChI=1S/C17H23NO5/c1-3-17(4-2,11-15(19)20)18-16(21)12-6-7-13-14(10-12)23-9-5-8-22-13/h6-7,10H,3-5,8-9,11H2,1-2H3,(H,18,21)(H,19,20). The number of rotatable bonds is 6. The minimum Gasteiger partial charge on any atom is -0.490 e.